The fourth-order valence-corrected chi connectivity index (χ4v) is 4.70. The number of carbonyl (C=O) groups excluding carboxylic acids is 1. The van der Waals surface area contributed by atoms with Gasteiger partial charge < -0.3 is 11.1 Å². The Morgan fingerprint density at radius 3 is 3.00 bits per heavy atom. The standard InChI is InChI=1S/C20H19ClFN3OS/c1-2-10-3-5-15-11(7-10)8-13-17(23)18(27-20(13)25-15)19(26)24-16-6-4-12(21)9-14(16)22/h4,6,8-10H,2-3,5,7,23H2,1H3,(H,24,26)/t10-/m0/s1. The molecule has 0 unspecified atom stereocenters. The van der Waals surface area contributed by atoms with Crippen LogP contribution in [0.4, 0.5) is 15.8 Å². The van der Waals surface area contributed by atoms with E-state index in [-0.39, 0.29) is 10.7 Å². The first kappa shape index (κ1) is 18.2. The Hall–Kier alpha value is -2.18. The van der Waals surface area contributed by atoms with E-state index in [4.69, 9.17) is 22.3 Å². The van der Waals surface area contributed by atoms with Gasteiger partial charge in [-0.2, -0.15) is 0 Å². The minimum atomic E-state index is -0.588. The summed E-state index contributed by atoms with van der Waals surface area (Å²) in [5, 5.41) is 3.64. The molecular formula is C20H19ClFN3OS. The topological polar surface area (TPSA) is 68.0 Å². The molecule has 7 heteroatoms. The molecule has 140 valence electrons. The number of halogens is 2. The second-order valence-corrected chi connectivity index (χ2v) is 8.32. The smallest absolute Gasteiger partial charge is 0.268 e. The second-order valence-electron chi connectivity index (χ2n) is 6.89. The SMILES string of the molecule is CC[C@H]1CCc2nc3sc(C(=O)Nc4ccc(Cl)cc4F)c(N)c3cc2C1. The number of fused-ring (bicyclic) bond motifs is 2. The number of amides is 1. The average Bonchev–Trinajstić information content (AvgIpc) is 2.97. The number of hydrogen-bond acceptors (Lipinski definition) is 4. The van der Waals surface area contributed by atoms with Gasteiger partial charge in [0.1, 0.15) is 15.5 Å². The van der Waals surface area contributed by atoms with Crippen LogP contribution >= 0.6 is 22.9 Å². The molecule has 2 aromatic heterocycles. The van der Waals surface area contributed by atoms with Gasteiger partial charge in [0.15, 0.2) is 0 Å². The third-order valence-electron chi connectivity index (χ3n) is 5.15. The highest BCUT2D eigenvalue weighted by Gasteiger charge is 2.23. The van der Waals surface area contributed by atoms with Gasteiger partial charge in [-0.05, 0) is 55.0 Å². The van der Waals surface area contributed by atoms with Crippen molar-refractivity contribution in [1.82, 2.24) is 4.98 Å². The number of hydrogen-bond donors (Lipinski definition) is 2. The van der Waals surface area contributed by atoms with Crippen LogP contribution in [0.1, 0.15) is 40.7 Å². The van der Waals surface area contributed by atoms with Gasteiger partial charge in [-0.15, -0.1) is 11.3 Å². The quantitative estimate of drug-likeness (QED) is 0.612. The molecule has 1 atom stereocenters. The van der Waals surface area contributed by atoms with Crippen molar-refractivity contribution in [2.45, 2.75) is 32.6 Å². The first-order valence-electron chi connectivity index (χ1n) is 8.93. The summed E-state index contributed by atoms with van der Waals surface area (Å²) >= 11 is 7.00. The van der Waals surface area contributed by atoms with Crippen LogP contribution in [0, 0.1) is 11.7 Å². The maximum absolute atomic E-state index is 14.0. The number of nitrogens with two attached hydrogens (primary N) is 1. The molecular weight excluding hydrogens is 385 g/mol. The Balaban J connectivity index is 1.68. The van der Waals surface area contributed by atoms with Gasteiger partial charge in [0, 0.05) is 16.1 Å². The number of anilines is 2. The lowest BCUT2D eigenvalue weighted by atomic mass is 9.85. The Bertz CT molecular complexity index is 1050. The number of nitrogen functional groups attached to an aromatic ring is 1. The van der Waals surface area contributed by atoms with Crippen LogP contribution < -0.4 is 11.1 Å². The van der Waals surface area contributed by atoms with Crippen LogP contribution in [0.2, 0.25) is 5.02 Å². The van der Waals surface area contributed by atoms with E-state index < -0.39 is 11.7 Å². The lowest BCUT2D eigenvalue weighted by Crippen LogP contribution is -2.14. The third kappa shape index (κ3) is 3.39. The maximum Gasteiger partial charge on any atom is 0.268 e. The Morgan fingerprint density at radius 2 is 2.26 bits per heavy atom. The minimum absolute atomic E-state index is 0.0688. The van der Waals surface area contributed by atoms with Crippen LogP contribution in [-0.2, 0) is 12.8 Å². The largest absolute Gasteiger partial charge is 0.397 e. The van der Waals surface area contributed by atoms with E-state index in [1.165, 1.54) is 29.0 Å². The number of aryl methyl sites for hydroxylation is 1. The Morgan fingerprint density at radius 1 is 1.44 bits per heavy atom. The number of nitrogens with zero attached hydrogens (tertiary/aromatic N) is 1. The predicted octanol–water partition coefficient (Wildman–Crippen LogP) is 5.44. The Labute approximate surface area is 165 Å². The van der Waals surface area contributed by atoms with E-state index in [0.717, 1.165) is 47.7 Å². The highest BCUT2D eigenvalue weighted by Crippen LogP contribution is 2.37. The van der Waals surface area contributed by atoms with Crippen LogP contribution in [0.3, 0.4) is 0 Å². The molecule has 0 fully saturated rings. The normalized spacial score (nSPS) is 16.3. The maximum atomic E-state index is 14.0. The summed E-state index contributed by atoms with van der Waals surface area (Å²) in [6.07, 6.45) is 4.25. The van der Waals surface area contributed by atoms with Crippen molar-refractivity contribution < 1.29 is 9.18 Å². The van der Waals surface area contributed by atoms with E-state index in [1.54, 1.807) is 0 Å². The number of thiophene rings is 1. The number of rotatable bonds is 3. The monoisotopic (exact) mass is 403 g/mol. The van der Waals surface area contributed by atoms with Crippen LogP contribution in [0.5, 0.6) is 0 Å². The Kier molecular flexibility index (Phi) is 4.78. The van der Waals surface area contributed by atoms with Gasteiger partial charge >= 0.3 is 0 Å². The molecule has 2 heterocycles. The number of benzene rings is 1. The fourth-order valence-electron chi connectivity index (χ4n) is 3.55. The molecule has 4 rings (SSSR count). The van der Waals surface area contributed by atoms with Crippen molar-refractivity contribution in [3.05, 3.63) is 51.2 Å². The summed E-state index contributed by atoms with van der Waals surface area (Å²) in [6.45, 7) is 2.21. The summed E-state index contributed by atoms with van der Waals surface area (Å²) in [5.74, 6) is -0.358. The van der Waals surface area contributed by atoms with E-state index in [1.807, 2.05) is 0 Å². The van der Waals surface area contributed by atoms with Gasteiger partial charge in [-0.3, -0.25) is 4.79 Å². The summed E-state index contributed by atoms with van der Waals surface area (Å²) < 4.78 is 14.0. The zero-order valence-electron chi connectivity index (χ0n) is 14.8. The number of carbonyl (C=O) groups is 1. The minimum Gasteiger partial charge on any atom is -0.397 e. The van der Waals surface area contributed by atoms with Crippen LogP contribution in [0.15, 0.2) is 24.3 Å². The molecule has 1 amide bonds. The van der Waals surface area contributed by atoms with Crippen LogP contribution in [-0.4, -0.2) is 10.9 Å². The molecule has 0 radical (unpaired) electrons. The van der Waals surface area contributed by atoms with Gasteiger partial charge in [0.05, 0.1) is 11.4 Å². The van der Waals surface area contributed by atoms with Crippen molar-refractivity contribution in [3.8, 4) is 0 Å². The number of aromatic nitrogens is 1. The lowest BCUT2D eigenvalue weighted by Gasteiger charge is -2.22. The average molecular weight is 404 g/mol. The molecule has 1 aromatic carbocycles. The molecule has 0 saturated carbocycles. The van der Waals surface area contributed by atoms with Crippen molar-refractivity contribution >= 4 is 50.4 Å². The first-order chi connectivity index (χ1) is 13.0. The lowest BCUT2D eigenvalue weighted by molar-refractivity contribution is 0.103. The summed E-state index contributed by atoms with van der Waals surface area (Å²) in [5.41, 5.74) is 9.04. The molecule has 3 aromatic rings. The van der Waals surface area contributed by atoms with Crippen molar-refractivity contribution in [2.75, 3.05) is 11.1 Å². The van der Waals surface area contributed by atoms with Crippen molar-refractivity contribution in [3.63, 3.8) is 0 Å². The highest BCUT2D eigenvalue weighted by atomic mass is 35.5. The summed E-state index contributed by atoms with van der Waals surface area (Å²) in [7, 11) is 0. The highest BCUT2D eigenvalue weighted by molar-refractivity contribution is 7.21. The molecule has 3 N–H and O–H groups in total. The summed E-state index contributed by atoms with van der Waals surface area (Å²) in [6, 6.07) is 6.19. The molecule has 4 nitrogen and oxygen atoms in total. The second kappa shape index (κ2) is 7.09. The van der Waals surface area contributed by atoms with Gasteiger partial charge in [0.25, 0.3) is 5.91 Å². The predicted molar refractivity (Wildman–Crippen MR) is 109 cm³/mol. The van der Waals surface area contributed by atoms with Crippen molar-refractivity contribution in [2.24, 2.45) is 5.92 Å². The number of nitrogens with one attached hydrogen (secondary N) is 1. The van der Waals surface area contributed by atoms with Crippen molar-refractivity contribution in [1.29, 1.82) is 0 Å². The number of pyridine rings is 1. The third-order valence-corrected chi connectivity index (χ3v) is 6.50. The molecule has 0 bridgehead atoms. The van der Waals surface area contributed by atoms with E-state index in [2.05, 4.69) is 18.3 Å². The van der Waals surface area contributed by atoms with Gasteiger partial charge in [-0.1, -0.05) is 24.9 Å². The van der Waals surface area contributed by atoms with Gasteiger partial charge in [0.2, 0.25) is 0 Å². The molecule has 1 aliphatic carbocycles. The van der Waals surface area contributed by atoms with Crippen LogP contribution in [0.25, 0.3) is 10.2 Å². The molecule has 0 spiro atoms. The molecule has 1 aliphatic rings. The van der Waals surface area contributed by atoms with Gasteiger partial charge in [-0.25, -0.2) is 9.37 Å². The van der Waals surface area contributed by atoms with E-state index >= 15 is 0 Å². The summed E-state index contributed by atoms with van der Waals surface area (Å²) in [4.78, 5) is 18.5. The molecule has 0 aliphatic heterocycles. The molecule has 27 heavy (non-hydrogen) atoms. The zero-order valence-corrected chi connectivity index (χ0v) is 16.4. The fraction of sp³-hybridized carbons (Fsp3) is 0.300. The first-order valence-corrected chi connectivity index (χ1v) is 10.1. The zero-order chi connectivity index (χ0) is 19.1. The molecule has 0 saturated heterocycles. The van der Waals surface area contributed by atoms with E-state index in [0.29, 0.717) is 16.5 Å². The van der Waals surface area contributed by atoms with E-state index in [9.17, 15) is 9.18 Å².